The number of rotatable bonds is 8. The molecule has 22 heavy (non-hydrogen) atoms. The Morgan fingerprint density at radius 2 is 1.05 bits per heavy atom. The van der Waals surface area contributed by atoms with Crippen LogP contribution in [0, 0.1) is 0 Å². The SMILES string of the molecule is CCc1ccc(CN(CCCl)Cc2ccc(CC)cc2)cc1. The van der Waals surface area contributed by atoms with Gasteiger partial charge >= 0.3 is 0 Å². The summed E-state index contributed by atoms with van der Waals surface area (Å²) in [5.74, 6) is 0.667. The fraction of sp³-hybridized carbons (Fsp3) is 0.400. The van der Waals surface area contributed by atoms with Crippen LogP contribution in [0.3, 0.4) is 0 Å². The van der Waals surface area contributed by atoms with Gasteiger partial charge in [0.25, 0.3) is 0 Å². The van der Waals surface area contributed by atoms with Crippen molar-refractivity contribution in [2.24, 2.45) is 0 Å². The Balaban J connectivity index is 2.01. The highest BCUT2D eigenvalue weighted by molar-refractivity contribution is 6.18. The van der Waals surface area contributed by atoms with Crippen molar-refractivity contribution in [3.63, 3.8) is 0 Å². The van der Waals surface area contributed by atoms with Gasteiger partial charge in [-0.05, 0) is 35.1 Å². The van der Waals surface area contributed by atoms with E-state index in [2.05, 4.69) is 67.3 Å². The molecule has 0 saturated carbocycles. The first-order valence-electron chi connectivity index (χ1n) is 8.19. The van der Waals surface area contributed by atoms with Crippen LogP contribution in [0.5, 0.6) is 0 Å². The van der Waals surface area contributed by atoms with Gasteiger partial charge < -0.3 is 0 Å². The highest BCUT2D eigenvalue weighted by atomic mass is 35.5. The van der Waals surface area contributed by atoms with Gasteiger partial charge in [0.2, 0.25) is 0 Å². The predicted molar refractivity (Wildman–Crippen MR) is 96.5 cm³/mol. The van der Waals surface area contributed by atoms with Crippen molar-refractivity contribution < 1.29 is 0 Å². The van der Waals surface area contributed by atoms with Gasteiger partial charge in [-0.1, -0.05) is 62.4 Å². The number of nitrogens with zero attached hydrogens (tertiary/aromatic N) is 1. The van der Waals surface area contributed by atoms with E-state index >= 15 is 0 Å². The second-order valence-corrected chi connectivity index (χ2v) is 6.12. The lowest BCUT2D eigenvalue weighted by Gasteiger charge is -2.21. The van der Waals surface area contributed by atoms with Crippen LogP contribution in [0.4, 0.5) is 0 Å². The highest BCUT2D eigenvalue weighted by Gasteiger charge is 2.07. The van der Waals surface area contributed by atoms with Gasteiger partial charge in [0.05, 0.1) is 0 Å². The molecule has 0 aliphatic carbocycles. The standard InChI is InChI=1S/C20H26ClN/c1-3-17-5-9-19(10-6-17)15-22(14-13-21)16-20-11-7-18(4-2)8-12-20/h5-12H,3-4,13-16H2,1-2H3. The summed E-state index contributed by atoms with van der Waals surface area (Å²) in [5.41, 5.74) is 5.49. The Hall–Kier alpha value is -1.31. The van der Waals surface area contributed by atoms with E-state index in [0.29, 0.717) is 5.88 Å². The van der Waals surface area contributed by atoms with E-state index in [1.165, 1.54) is 22.3 Å². The number of hydrogen-bond donors (Lipinski definition) is 0. The molecule has 118 valence electrons. The van der Waals surface area contributed by atoms with Gasteiger partial charge in [0, 0.05) is 25.5 Å². The molecular weight excluding hydrogens is 290 g/mol. The molecule has 0 saturated heterocycles. The molecule has 2 rings (SSSR count). The third-order valence-corrected chi connectivity index (χ3v) is 4.24. The van der Waals surface area contributed by atoms with E-state index in [-0.39, 0.29) is 0 Å². The minimum absolute atomic E-state index is 0.667. The van der Waals surface area contributed by atoms with Gasteiger partial charge in [-0.15, -0.1) is 11.6 Å². The van der Waals surface area contributed by atoms with Crippen LogP contribution >= 0.6 is 11.6 Å². The maximum atomic E-state index is 5.98. The molecule has 0 bridgehead atoms. The van der Waals surface area contributed by atoms with Crippen LogP contribution in [0.2, 0.25) is 0 Å². The fourth-order valence-electron chi connectivity index (χ4n) is 2.61. The maximum absolute atomic E-state index is 5.98. The zero-order valence-electron chi connectivity index (χ0n) is 13.7. The minimum atomic E-state index is 0.667. The Morgan fingerprint density at radius 1 is 0.682 bits per heavy atom. The molecule has 1 nitrogen and oxygen atoms in total. The zero-order valence-corrected chi connectivity index (χ0v) is 14.4. The van der Waals surface area contributed by atoms with E-state index < -0.39 is 0 Å². The fourth-order valence-corrected chi connectivity index (χ4v) is 2.85. The van der Waals surface area contributed by atoms with E-state index in [1.54, 1.807) is 0 Å². The lowest BCUT2D eigenvalue weighted by molar-refractivity contribution is 0.273. The molecule has 0 amide bonds. The predicted octanol–water partition coefficient (Wildman–Crippen LogP) is 5.05. The molecule has 0 aliphatic heterocycles. The van der Waals surface area contributed by atoms with Crippen LogP contribution in [0.1, 0.15) is 36.1 Å². The Morgan fingerprint density at radius 3 is 1.36 bits per heavy atom. The zero-order chi connectivity index (χ0) is 15.8. The summed E-state index contributed by atoms with van der Waals surface area (Å²) in [5, 5.41) is 0. The normalized spacial score (nSPS) is 11.1. The molecule has 0 N–H and O–H groups in total. The molecule has 2 aromatic carbocycles. The minimum Gasteiger partial charge on any atom is -0.294 e. The third kappa shape index (κ3) is 5.15. The molecule has 0 atom stereocenters. The highest BCUT2D eigenvalue weighted by Crippen LogP contribution is 2.13. The van der Waals surface area contributed by atoms with Gasteiger partial charge in [-0.25, -0.2) is 0 Å². The van der Waals surface area contributed by atoms with E-state index in [1.807, 2.05) is 0 Å². The summed E-state index contributed by atoms with van der Waals surface area (Å²) in [4.78, 5) is 2.41. The molecular formula is C20H26ClN. The Bertz CT molecular complexity index is 495. The number of hydrogen-bond acceptors (Lipinski definition) is 1. The van der Waals surface area contributed by atoms with Crippen molar-refractivity contribution in [2.75, 3.05) is 12.4 Å². The van der Waals surface area contributed by atoms with Crippen molar-refractivity contribution >= 4 is 11.6 Å². The van der Waals surface area contributed by atoms with Gasteiger partial charge in [-0.3, -0.25) is 4.90 Å². The number of halogens is 1. The van der Waals surface area contributed by atoms with Gasteiger partial charge in [0.1, 0.15) is 0 Å². The summed E-state index contributed by atoms with van der Waals surface area (Å²) >= 11 is 5.98. The summed E-state index contributed by atoms with van der Waals surface area (Å²) < 4.78 is 0. The van der Waals surface area contributed by atoms with Crippen molar-refractivity contribution in [3.8, 4) is 0 Å². The number of benzene rings is 2. The lowest BCUT2D eigenvalue weighted by Crippen LogP contribution is -2.25. The van der Waals surface area contributed by atoms with E-state index in [4.69, 9.17) is 11.6 Å². The molecule has 2 aromatic rings. The molecule has 0 heterocycles. The van der Waals surface area contributed by atoms with Gasteiger partial charge in [0.15, 0.2) is 0 Å². The molecule has 0 unspecified atom stereocenters. The summed E-state index contributed by atoms with van der Waals surface area (Å²) in [6.45, 7) is 7.19. The third-order valence-electron chi connectivity index (χ3n) is 4.08. The lowest BCUT2D eigenvalue weighted by atomic mass is 10.1. The molecule has 0 spiro atoms. The summed E-state index contributed by atoms with van der Waals surface area (Å²) in [7, 11) is 0. The summed E-state index contributed by atoms with van der Waals surface area (Å²) in [6, 6.07) is 17.9. The Kier molecular flexibility index (Phi) is 6.95. The quantitative estimate of drug-likeness (QED) is 0.616. The number of alkyl halides is 1. The van der Waals surface area contributed by atoms with Crippen molar-refractivity contribution in [1.29, 1.82) is 0 Å². The second-order valence-electron chi connectivity index (χ2n) is 5.74. The molecule has 0 aliphatic rings. The van der Waals surface area contributed by atoms with Crippen molar-refractivity contribution in [1.82, 2.24) is 4.90 Å². The molecule has 2 heteroatoms. The molecule has 0 radical (unpaired) electrons. The monoisotopic (exact) mass is 315 g/mol. The van der Waals surface area contributed by atoms with Crippen LogP contribution in [0.15, 0.2) is 48.5 Å². The largest absolute Gasteiger partial charge is 0.294 e. The molecule has 0 aromatic heterocycles. The van der Waals surface area contributed by atoms with E-state index in [0.717, 1.165) is 32.5 Å². The van der Waals surface area contributed by atoms with E-state index in [9.17, 15) is 0 Å². The van der Waals surface area contributed by atoms with Crippen molar-refractivity contribution in [3.05, 3.63) is 70.8 Å². The maximum Gasteiger partial charge on any atom is 0.0351 e. The van der Waals surface area contributed by atoms with Crippen LogP contribution < -0.4 is 0 Å². The molecule has 0 fully saturated rings. The Labute approximate surface area is 139 Å². The average molecular weight is 316 g/mol. The first kappa shape index (κ1) is 17.1. The average Bonchev–Trinajstić information content (AvgIpc) is 2.56. The van der Waals surface area contributed by atoms with Gasteiger partial charge in [-0.2, -0.15) is 0 Å². The van der Waals surface area contributed by atoms with Crippen molar-refractivity contribution in [2.45, 2.75) is 39.8 Å². The topological polar surface area (TPSA) is 3.24 Å². The smallest absolute Gasteiger partial charge is 0.0351 e. The van der Waals surface area contributed by atoms with Crippen LogP contribution in [-0.4, -0.2) is 17.3 Å². The summed E-state index contributed by atoms with van der Waals surface area (Å²) in [6.07, 6.45) is 2.19. The number of aryl methyl sites for hydroxylation is 2. The first-order chi connectivity index (χ1) is 10.7. The second kappa shape index (κ2) is 8.97. The van der Waals surface area contributed by atoms with Crippen LogP contribution in [-0.2, 0) is 25.9 Å². The van der Waals surface area contributed by atoms with Crippen LogP contribution in [0.25, 0.3) is 0 Å². The first-order valence-corrected chi connectivity index (χ1v) is 8.72.